The van der Waals surface area contributed by atoms with Gasteiger partial charge in [0.25, 0.3) is 0 Å². The molecule has 0 radical (unpaired) electrons. The lowest BCUT2D eigenvalue weighted by molar-refractivity contribution is 1.28. The lowest BCUT2D eigenvalue weighted by Gasteiger charge is -2.26. The molecule has 0 saturated carbocycles. The van der Waals surface area contributed by atoms with E-state index in [9.17, 15) is 0 Å². The Kier molecular flexibility index (Phi) is 7.55. The van der Waals surface area contributed by atoms with Crippen molar-refractivity contribution in [3.8, 4) is 33.4 Å². The Bertz CT molecular complexity index is 2910. The molecule has 0 spiro atoms. The van der Waals surface area contributed by atoms with Crippen molar-refractivity contribution in [2.45, 2.75) is 0 Å². The molecule has 1 heteroatoms. The summed E-state index contributed by atoms with van der Waals surface area (Å²) in [7, 11) is 0. The van der Waals surface area contributed by atoms with Crippen molar-refractivity contribution in [1.82, 2.24) is 0 Å². The lowest BCUT2D eigenvalue weighted by Crippen LogP contribution is -2.09. The first kappa shape index (κ1) is 30.8. The summed E-state index contributed by atoms with van der Waals surface area (Å²) in [5.74, 6) is 0. The largest absolute Gasteiger partial charge is 0.311 e. The van der Waals surface area contributed by atoms with Crippen LogP contribution in [0.5, 0.6) is 0 Å². The molecule has 0 aliphatic heterocycles. The van der Waals surface area contributed by atoms with Crippen LogP contribution >= 0.6 is 0 Å². The van der Waals surface area contributed by atoms with Gasteiger partial charge in [0.15, 0.2) is 0 Å². The molecule has 248 valence electrons. The van der Waals surface area contributed by atoms with E-state index in [4.69, 9.17) is 0 Å². The summed E-state index contributed by atoms with van der Waals surface area (Å²) in [4.78, 5) is 2.35. The van der Waals surface area contributed by atoms with Gasteiger partial charge in [-0.05, 0) is 125 Å². The second kappa shape index (κ2) is 13.0. The van der Waals surface area contributed by atoms with Crippen molar-refractivity contribution in [1.29, 1.82) is 0 Å². The third kappa shape index (κ3) is 5.60. The SMILES string of the molecule is c1ccc(-c2ccc(N(c3ccc(-c4ccc5c(ccc6ccccc65)c4)cc3)c3ccc(-c4cc5ccccc5c5ccccc45)cc3)cc2)cc1. The summed E-state index contributed by atoms with van der Waals surface area (Å²) in [6.45, 7) is 0. The Morgan fingerprint density at radius 3 is 1.30 bits per heavy atom. The fourth-order valence-electron chi connectivity index (χ4n) is 7.96. The first-order valence-electron chi connectivity index (χ1n) is 18.3. The van der Waals surface area contributed by atoms with Crippen LogP contribution in [0.3, 0.4) is 0 Å². The third-order valence-corrected chi connectivity index (χ3v) is 10.6. The van der Waals surface area contributed by atoms with Crippen molar-refractivity contribution >= 4 is 60.2 Å². The fraction of sp³-hybridized carbons (Fsp3) is 0. The number of hydrogen-bond donors (Lipinski definition) is 0. The van der Waals surface area contributed by atoms with E-state index in [2.05, 4.69) is 217 Å². The van der Waals surface area contributed by atoms with Gasteiger partial charge in [0.1, 0.15) is 0 Å². The van der Waals surface area contributed by atoms with Gasteiger partial charge < -0.3 is 4.90 Å². The van der Waals surface area contributed by atoms with E-state index in [0.29, 0.717) is 0 Å². The van der Waals surface area contributed by atoms with Crippen molar-refractivity contribution in [2.75, 3.05) is 4.90 Å². The predicted octanol–water partition coefficient (Wildman–Crippen LogP) is 14.8. The van der Waals surface area contributed by atoms with Crippen molar-refractivity contribution in [3.63, 3.8) is 0 Å². The minimum absolute atomic E-state index is 1.11. The van der Waals surface area contributed by atoms with Crippen LogP contribution < -0.4 is 4.90 Å². The molecule has 0 aliphatic carbocycles. The van der Waals surface area contributed by atoms with Gasteiger partial charge in [-0.25, -0.2) is 0 Å². The predicted molar refractivity (Wildman–Crippen MR) is 227 cm³/mol. The zero-order valence-electron chi connectivity index (χ0n) is 29.2. The Hall–Kier alpha value is -6.96. The molecule has 0 aromatic heterocycles. The summed E-state index contributed by atoms with van der Waals surface area (Å²) >= 11 is 0. The van der Waals surface area contributed by atoms with Gasteiger partial charge in [0.05, 0.1) is 0 Å². The molecule has 0 N–H and O–H groups in total. The quantitative estimate of drug-likeness (QED) is 0.159. The zero-order valence-corrected chi connectivity index (χ0v) is 29.2. The number of anilines is 3. The standard InChI is InChI=1S/C52H35N/c1-2-10-36(11-3-1)37-20-27-44(28-21-37)53(45-29-22-38(23-30-45)41-26-33-49-43(34-41)19-18-39-12-4-6-14-47(39)49)46-31-24-40(25-32-46)52-35-42-13-5-7-15-48(42)50-16-8-9-17-51(50)52/h1-35H. The van der Waals surface area contributed by atoms with Gasteiger partial charge in [0, 0.05) is 17.1 Å². The monoisotopic (exact) mass is 673 g/mol. The Morgan fingerprint density at radius 2 is 0.642 bits per heavy atom. The minimum atomic E-state index is 1.11. The van der Waals surface area contributed by atoms with Crippen LogP contribution in [-0.2, 0) is 0 Å². The normalized spacial score (nSPS) is 11.4. The van der Waals surface area contributed by atoms with Crippen molar-refractivity contribution in [2.24, 2.45) is 0 Å². The third-order valence-electron chi connectivity index (χ3n) is 10.6. The Morgan fingerprint density at radius 1 is 0.226 bits per heavy atom. The highest BCUT2D eigenvalue weighted by Crippen LogP contribution is 2.40. The van der Waals surface area contributed by atoms with Crippen LogP contribution in [0.4, 0.5) is 17.1 Å². The van der Waals surface area contributed by atoms with Crippen LogP contribution in [0.25, 0.3) is 76.5 Å². The first-order valence-corrected chi connectivity index (χ1v) is 18.3. The minimum Gasteiger partial charge on any atom is -0.311 e. The molecule has 0 atom stereocenters. The van der Waals surface area contributed by atoms with Crippen LogP contribution in [0, 0.1) is 0 Å². The summed E-state index contributed by atoms with van der Waals surface area (Å²) in [6, 6.07) is 77.2. The summed E-state index contributed by atoms with van der Waals surface area (Å²) in [6.07, 6.45) is 0. The van der Waals surface area contributed by atoms with Crippen LogP contribution in [-0.4, -0.2) is 0 Å². The highest BCUT2D eigenvalue weighted by Gasteiger charge is 2.15. The summed E-state index contributed by atoms with van der Waals surface area (Å²) in [5.41, 5.74) is 10.6. The van der Waals surface area contributed by atoms with Crippen LogP contribution in [0.1, 0.15) is 0 Å². The Balaban J connectivity index is 1.04. The average Bonchev–Trinajstić information content (AvgIpc) is 3.24. The van der Waals surface area contributed by atoms with Gasteiger partial charge in [-0.15, -0.1) is 0 Å². The molecule has 0 bridgehead atoms. The molecular formula is C52H35N. The van der Waals surface area contributed by atoms with Crippen LogP contribution in [0.15, 0.2) is 212 Å². The number of fused-ring (bicyclic) bond motifs is 6. The molecule has 10 aromatic carbocycles. The smallest absolute Gasteiger partial charge is 0.0462 e. The Labute approximate surface area is 309 Å². The van der Waals surface area contributed by atoms with Gasteiger partial charge >= 0.3 is 0 Å². The molecule has 0 aliphatic rings. The molecule has 53 heavy (non-hydrogen) atoms. The van der Waals surface area contributed by atoms with E-state index in [1.54, 1.807) is 0 Å². The average molecular weight is 674 g/mol. The van der Waals surface area contributed by atoms with E-state index >= 15 is 0 Å². The summed E-state index contributed by atoms with van der Waals surface area (Å²) < 4.78 is 0. The number of hydrogen-bond acceptors (Lipinski definition) is 1. The maximum absolute atomic E-state index is 2.35. The number of nitrogens with zero attached hydrogens (tertiary/aromatic N) is 1. The van der Waals surface area contributed by atoms with E-state index < -0.39 is 0 Å². The van der Waals surface area contributed by atoms with Crippen molar-refractivity contribution in [3.05, 3.63) is 212 Å². The van der Waals surface area contributed by atoms with Gasteiger partial charge in [-0.1, -0.05) is 164 Å². The molecule has 0 amide bonds. The molecule has 10 aromatic rings. The van der Waals surface area contributed by atoms with Crippen LogP contribution in [0.2, 0.25) is 0 Å². The van der Waals surface area contributed by atoms with E-state index in [1.165, 1.54) is 76.5 Å². The molecule has 1 nitrogen and oxygen atoms in total. The fourth-order valence-corrected chi connectivity index (χ4v) is 7.96. The van der Waals surface area contributed by atoms with E-state index in [-0.39, 0.29) is 0 Å². The molecule has 0 fully saturated rings. The van der Waals surface area contributed by atoms with E-state index in [0.717, 1.165) is 17.1 Å². The second-order valence-electron chi connectivity index (χ2n) is 13.8. The molecule has 0 saturated heterocycles. The second-order valence-corrected chi connectivity index (χ2v) is 13.8. The first-order chi connectivity index (χ1) is 26.3. The van der Waals surface area contributed by atoms with Gasteiger partial charge in [0.2, 0.25) is 0 Å². The summed E-state index contributed by atoms with van der Waals surface area (Å²) in [5, 5.41) is 10.2. The zero-order chi connectivity index (χ0) is 35.1. The highest BCUT2D eigenvalue weighted by molar-refractivity contribution is 6.14. The highest BCUT2D eigenvalue weighted by atomic mass is 15.1. The van der Waals surface area contributed by atoms with E-state index in [1.807, 2.05) is 0 Å². The lowest BCUT2D eigenvalue weighted by atomic mass is 9.93. The molecule has 0 heterocycles. The number of benzene rings is 10. The molecular weight excluding hydrogens is 639 g/mol. The van der Waals surface area contributed by atoms with Gasteiger partial charge in [-0.3, -0.25) is 0 Å². The maximum Gasteiger partial charge on any atom is 0.0462 e. The topological polar surface area (TPSA) is 3.24 Å². The molecule has 10 rings (SSSR count). The number of rotatable bonds is 6. The molecule has 0 unspecified atom stereocenters. The maximum atomic E-state index is 2.35. The van der Waals surface area contributed by atoms with Crippen molar-refractivity contribution < 1.29 is 0 Å². The van der Waals surface area contributed by atoms with Gasteiger partial charge in [-0.2, -0.15) is 0 Å².